The smallest absolute Gasteiger partial charge is 0.119 e. The predicted molar refractivity (Wildman–Crippen MR) is 95.0 cm³/mol. The van der Waals surface area contributed by atoms with Crippen molar-refractivity contribution in [2.24, 2.45) is 0 Å². The fourth-order valence-electron chi connectivity index (χ4n) is 2.55. The van der Waals surface area contributed by atoms with E-state index >= 15 is 0 Å². The Bertz CT molecular complexity index is 501. The minimum Gasteiger partial charge on any atom is -0.494 e. The quantitative estimate of drug-likeness (QED) is 0.467. The Balaban J connectivity index is 1.65. The molecule has 0 amide bonds. The number of rotatable bonds is 10. The van der Waals surface area contributed by atoms with E-state index in [2.05, 4.69) is 55.5 Å². The molecule has 1 heteroatoms. The first kappa shape index (κ1) is 16.6. The zero-order valence-electron chi connectivity index (χ0n) is 13.5. The van der Waals surface area contributed by atoms with Crippen LogP contribution in [0.25, 0.3) is 11.1 Å². The van der Waals surface area contributed by atoms with Crippen molar-refractivity contribution in [1.29, 1.82) is 0 Å². The van der Waals surface area contributed by atoms with Gasteiger partial charge in [0.25, 0.3) is 0 Å². The molecule has 2 rings (SSSR count). The molecule has 2 aromatic carbocycles. The summed E-state index contributed by atoms with van der Waals surface area (Å²) in [5.41, 5.74) is 2.48. The van der Waals surface area contributed by atoms with Crippen molar-refractivity contribution in [3.05, 3.63) is 61.5 Å². The van der Waals surface area contributed by atoms with Crippen molar-refractivity contribution in [2.45, 2.75) is 44.9 Å². The third-order valence-electron chi connectivity index (χ3n) is 3.87. The Kier molecular flexibility index (Phi) is 7.59. The van der Waals surface area contributed by atoms with Gasteiger partial charge in [-0.2, -0.15) is 0 Å². The minimum absolute atomic E-state index is 0.819. The monoisotopic (exact) mass is 295 g/mol. The lowest BCUT2D eigenvalue weighted by molar-refractivity contribution is 0.304. The number of benzene rings is 2. The first-order chi connectivity index (χ1) is 10.9. The lowest BCUT2D eigenvalue weighted by Crippen LogP contribution is -1.97. The highest BCUT2D eigenvalue weighted by Gasteiger charge is 1.98. The Hall–Kier alpha value is -1.76. The Morgan fingerprint density at radius 2 is 1.23 bits per heavy atom. The minimum atomic E-state index is 0.819. The van der Waals surface area contributed by atoms with Crippen LogP contribution in [0.15, 0.2) is 54.6 Å². The van der Waals surface area contributed by atoms with Gasteiger partial charge in [0.05, 0.1) is 6.61 Å². The van der Waals surface area contributed by atoms with Crippen molar-refractivity contribution in [1.82, 2.24) is 0 Å². The average Bonchev–Trinajstić information content (AvgIpc) is 2.59. The molecule has 0 aliphatic carbocycles. The SMILES string of the molecule is [CH2]CCCCCCCCOc1ccc(-c2ccccc2)cc1. The van der Waals surface area contributed by atoms with Crippen molar-refractivity contribution in [3.8, 4) is 16.9 Å². The number of hydrogen-bond donors (Lipinski definition) is 0. The van der Waals surface area contributed by atoms with Crippen LogP contribution in [0.1, 0.15) is 44.9 Å². The Labute approximate surface area is 135 Å². The molecule has 2 aromatic rings. The molecule has 0 aliphatic rings. The standard InChI is InChI=1S/C21H27O/c1-2-3-4-5-6-7-11-18-22-21-16-14-20(15-17-21)19-12-9-8-10-13-19/h8-10,12-17H,1-7,11,18H2. The molecule has 0 heterocycles. The van der Waals surface area contributed by atoms with Crippen LogP contribution in [-0.2, 0) is 0 Å². The molecule has 0 N–H and O–H groups in total. The molecule has 0 spiro atoms. The zero-order chi connectivity index (χ0) is 15.5. The Morgan fingerprint density at radius 1 is 0.636 bits per heavy atom. The van der Waals surface area contributed by atoms with Gasteiger partial charge in [0.2, 0.25) is 0 Å². The highest BCUT2D eigenvalue weighted by molar-refractivity contribution is 5.63. The van der Waals surface area contributed by atoms with E-state index in [1.807, 2.05) is 6.07 Å². The van der Waals surface area contributed by atoms with Crippen LogP contribution >= 0.6 is 0 Å². The van der Waals surface area contributed by atoms with Crippen LogP contribution in [0.3, 0.4) is 0 Å². The summed E-state index contributed by atoms with van der Waals surface area (Å²) in [7, 11) is 0. The average molecular weight is 295 g/mol. The van der Waals surface area contributed by atoms with E-state index in [4.69, 9.17) is 4.74 Å². The normalized spacial score (nSPS) is 10.6. The first-order valence-corrected chi connectivity index (χ1v) is 8.47. The van der Waals surface area contributed by atoms with Crippen LogP contribution in [0.2, 0.25) is 0 Å². The first-order valence-electron chi connectivity index (χ1n) is 8.47. The fourth-order valence-corrected chi connectivity index (χ4v) is 2.55. The molecular weight excluding hydrogens is 268 g/mol. The highest BCUT2D eigenvalue weighted by Crippen LogP contribution is 2.22. The predicted octanol–water partition coefficient (Wildman–Crippen LogP) is 6.30. The largest absolute Gasteiger partial charge is 0.494 e. The van der Waals surface area contributed by atoms with Crippen LogP contribution in [0.5, 0.6) is 5.75 Å². The van der Waals surface area contributed by atoms with Crippen molar-refractivity contribution in [3.63, 3.8) is 0 Å². The van der Waals surface area contributed by atoms with E-state index < -0.39 is 0 Å². The van der Waals surface area contributed by atoms with E-state index in [1.54, 1.807) is 0 Å². The number of ether oxygens (including phenoxy) is 1. The van der Waals surface area contributed by atoms with Gasteiger partial charge in [-0.1, -0.05) is 87.9 Å². The van der Waals surface area contributed by atoms with E-state index in [1.165, 1.54) is 43.2 Å². The van der Waals surface area contributed by atoms with Gasteiger partial charge in [0.15, 0.2) is 0 Å². The fraction of sp³-hybridized carbons (Fsp3) is 0.381. The molecule has 0 saturated heterocycles. The van der Waals surface area contributed by atoms with E-state index in [0.29, 0.717) is 0 Å². The summed E-state index contributed by atoms with van der Waals surface area (Å²) in [6.07, 6.45) is 8.72. The van der Waals surface area contributed by atoms with Gasteiger partial charge in [0, 0.05) is 0 Å². The maximum Gasteiger partial charge on any atom is 0.119 e. The number of unbranched alkanes of at least 4 members (excludes halogenated alkanes) is 6. The maximum absolute atomic E-state index is 5.81. The van der Waals surface area contributed by atoms with E-state index in [9.17, 15) is 0 Å². The molecule has 0 bridgehead atoms. The summed E-state index contributed by atoms with van der Waals surface area (Å²) in [5.74, 6) is 0.969. The van der Waals surface area contributed by atoms with E-state index in [-0.39, 0.29) is 0 Å². The third-order valence-corrected chi connectivity index (χ3v) is 3.87. The van der Waals surface area contributed by atoms with Gasteiger partial charge in [0.1, 0.15) is 5.75 Å². The molecule has 22 heavy (non-hydrogen) atoms. The molecule has 0 saturated carbocycles. The van der Waals surface area contributed by atoms with Gasteiger partial charge >= 0.3 is 0 Å². The molecule has 1 radical (unpaired) electrons. The third kappa shape index (κ3) is 5.93. The molecule has 0 aliphatic heterocycles. The van der Waals surface area contributed by atoms with Gasteiger partial charge in [-0.15, -0.1) is 0 Å². The summed E-state index contributed by atoms with van der Waals surface area (Å²) in [5, 5.41) is 0. The molecular formula is C21H27O. The lowest BCUT2D eigenvalue weighted by Gasteiger charge is -2.07. The summed E-state index contributed by atoms with van der Waals surface area (Å²) < 4.78 is 5.81. The van der Waals surface area contributed by atoms with Crippen LogP contribution in [0.4, 0.5) is 0 Å². The maximum atomic E-state index is 5.81. The summed E-state index contributed by atoms with van der Waals surface area (Å²) in [6.45, 7) is 4.69. The lowest BCUT2D eigenvalue weighted by atomic mass is 10.1. The second-order valence-corrected chi connectivity index (χ2v) is 5.71. The molecule has 0 fully saturated rings. The summed E-state index contributed by atoms with van der Waals surface area (Å²) >= 11 is 0. The van der Waals surface area contributed by atoms with Crippen LogP contribution in [-0.4, -0.2) is 6.61 Å². The van der Waals surface area contributed by atoms with Gasteiger partial charge in [-0.25, -0.2) is 0 Å². The molecule has 117 valence electrons. The van der Waals surface area contributed by atoms with Crippen LogP contribution < -0.4 is 4.74 Å². The van der Waals surface area contributed by atoms with Crippen LogP contribution in [0, 0.1) is 6.92 Å². The van der Waals surface area contributed by atoms with Gasteiger partial charge in [-0.3, -0.25) is 0 Å². The number of hydrogen-bond acceptors (Lipinski definition) is 1. The molecule has 0 unspecified atom stereocenters. The van der Waals surface area contributed by atoms with Gasteiger partial charge < -0.3 is 4.74 Å². The molecule has 0 atom stereocenters. The summed E-state index contributed by atoms with van der Waals surface area (Å²) in [4.78, 5) is 0. The van der Waals surface area contributed by atoms with Crippen molar-refractivity contribution in [2.75, 3.05) is 6.61 Å². The second kappa shape index (κ2) is 10.0. The van der Waals surface area contributed by atoms with E-state index in [0.717, 1.165) is 25.2 Å². The topological polar surface area (TPSA) is 9.23 Å². The zero-order valence-corrected chi connectivity index (χ0v) is 13.5. The Morgan fingerprint density at radius 3 is 1.91 bits per heavy atom. The second-order valence-electron chi connectivity index (χ2n) is 5.71. The van der Waals surface area contributed by atoms with Crippen molar-refractivity contribution >= 4 is 0 Å². The van der Waals surface area contributed by atoms with Gasteiger partial charge in [-0.05, 0) is 29.7 Å². The molecule has 1 nitrogen and oxygen atoms in total. The summed E-state index contributed by atoms with van der Waals surface area (Å²) in [6, 6.07) is 18.8. The van der Waals surface area contributed by atoms with Crippen molar-refractivity contribution < 1.29 is 4.74 Å². The molecule has 0 aromatic heterocycles. The highest BCUT2D eigenvalue weighted by atomic mass is 16.5.